The molecule has 0 fully saturated rings. The largest absolute Gasteiger partial charge is 0.375 e. The first kappa shape index (κ1) is 13.0. The number of para-hydroxylation sites is 1. The summed E-state index contributed by atoms with van der Waals surface area (Å²) in [5, 5.41) is 11.0. The van der Waals surface area contributed by atoms with Crippen LogP contribution in [-0.2, 0) is 4.79 Å². The summed E-state index contributed by atoms with van der Waals surface area (Å²) in [6, 6.07) is 11.9. The first-order valence-corrected chi connectivity index (χ1v) is 5.64. The van der Waals surface area contributed by atoms with E-state index in [9.17, 15) is 4.79 Å². The van der Waals surface area contributed by atoms with Crippen LogP contribution >= 0.6 is 0 Å². The highest BCUT2D eigenvalue weighted by molar-refractivity contribution is 5.77. The Morgan fingerprint density at radius 1 is 1.41 bits per heavy atom. The molecule has 0 bridgehead atoms. The number of carbonyl (C=O) groups excluding carboxylic acids is 1. The highest BCUT2D eigenvalue weighted by atomic mass is 16.1. The summed E-state index contributed by atoms with van der Waals surface area (Å²) in [6.45, 7) is 1.48. The maximum Gasteiger partial charge on any atom is 0.234 e. The molecule has 1 N–H and O–H groups in total. The van der Waals surface area contributed by atoms with Crippen molar-refractivity contribution >= 4 is 11.6 Å². The van der Waals surface area contributed by atoms with Crippen LogP contribution in [0.4, 0.5) is 5.69 Å². The zero-order valence-electron chi connectivity index (χ0n) is 10.0. The lowest BCUT2D eigenvalue weighted by Crippen LogP contribution is -2.27. The molecular formula is C13H17N3O. The number of benzene rings is 1. The summed E-state index contributed by atoms with van der Waals surface area (Å²) in [4.78, 5) is 13.1. The van der Waals surface area contributed by atoms with Gasteiger partial charge in [0, 0.05) is 25.8 Å². The van der Waals surface area contributed by atoms with Crippen LogP contribution in [0.15, 0.2) is 30.3 Å². The van der Waals surface area contributed by atoms with Gasteiger partial charge in [0.15, 0.2) is 0 Å². The van der Waals surface area contributed by atoms with Gasteiger partial charge in [0.25, 0.3) is 0 Å². The standard InChI is InChI=1S/C13H17N3O/c1-16(12-6-3-2-4-7-12)11-5-10-15-13(17)8-9-14/h2-4,6-7H,5,8,10-11H2,1H3,(H,15,17). The van der Waals surface area contributed by atoms with Crippen LogP contribution in [0.3, 0.4) is 0 Å². The van der Waals surface area contributed by atoms with Crippen LogP contribution < -0.4 is 10.2 Å². The van der Waals surface area contributed by atoms with Gasteiger partial charge in [0.1, 0.15) is 6.42 Å². The van der Waals surface area contributed by atoms with Crippen LogP contribution in [0.2, 0.25) is 0 Å². The molecule has 0 atom stereocenters. The lowest BCUT2D eigenvalue weighted by atomic mass is 10.3. The van der Waals surface area contributed by atoms with E-state index in [0.29, 0.717) is 6.54 Å². The molecule has 0 unspecified atom stereocenters. The van der Waals surface area contributed by atoms with Crippen molar-refractivity contribution in [2.75, 3.05) is 25.0 Å². The number of amides is 1. The SMILES string of the molecule is CN(CCCNC(=O)CC#N)c1ccccc1. The third-order valence-corrected chi connectivity index (χ3v) is 2.43. The van der Waals surface area contributed by atoms with Gasteiger partial charge < -0.3 is 10.2 Å². The van der Waals surface area contributed by atoms with Crippen molar-refractivity contribution in [2.24, 2.45) is 0 Å². The maximum atomic E-state index is 11.0. The number of carbonyl (C=O) groups is 1. The highest BCUT2D eigenvalue weighted by Crippen LogP contribution is 2.10. The number of rotatable bonds is 6. The van der Waals surface area contributed by atoms with Gasteiger partial charge in [0.2, 0.25) is 5.91 Å². The molecule has 1 rings (SSSR count). The lowest BCUT2D eigenvalue weighted by Gasteiger charge is -2.19. The number of hydrogen-bond acceptors (Lipinski definition) is 3. The van der Waals surface area contributed by atoms with Gasteiger partial charge in [0.05, 0.1) is 6.07 Å². The van der Waals surface area contributed by atoms with Crippen molar-refractivity contribution < 1.29 is 4.79 Å². The average Bonchev–Trinajstić information content (AvgIpc) is 2.36. The van der Waals surface area contributed by atoms with E-state index in [-0.39, 0.29) is 12.3 Å². The first-order valence-electron chi connectivity index (χ1n) is 5.64. The molecule has 0 heterocycles. The molecule has 1 aromatic rings. The van der Waals surface area contributed by atoms with Gasteiger partial charge in [-0.2, -0.15) is 5.26 Å². The molecule has 1 aromatic carbocycles. The summed E-state index contributed by atoms with van der Waals surface area (Å²) >= 11 is 0. The molecule has 0 aliphatic rings. The topological polar surface area (TPSA) is 56.1 Å². The maximum absolute atomic E-state index is 11.0. The molecule has 0 aromatic heterocycles. The molecule has 1 amide bonds. The van der Waals surface area contributed by atoms with E-state index >= 15 is 0 Å². The second kappa shape index (κ2) is 7.29. The van der Waals surface area contributed by atoms with Crippen LogP contribution in [-0.4, -0.2) is 26.0 Å². The van der Waals surface area contributed by atoms with Gasteiger partial charge in [-0.05, 0) is 18.6 Å². The van der Waals surface area contributed by atoms with Crippen molar-refractivity contribution in [3.05, 3.63) is 30.3 Å². The quantitative estimate of drug-likeness (QED) is 0.756. The van der Waals surface area contributed by atoms with E-state index in [1.807, 2.05) is 43.4 Å². The number of anilines is 1. The Hall–Kier alpha value is -2.02. The molecular weight excluding hydrogens is 214 g/mol. The fourth-order valence-corrected chi connectivity index (χ4v) is 1.49. The fraction of sp³-hybridized carbons (Fsp3) is 0.385. The van der Waals surface area contributed by atoms with Crippen LogP contribution in [0.5, 0.6) is 0 Å². The molecule has 0 aliphatic carbocycles. The van der Waals surface area contributed by atoms with Crippen LogP contribution in [0, 0.1) is 11.3 Å². The molecule has 0 spiro atoms. The molecule has 4 heteroatoms. The molecule has 90 valence electrons. The number of nitrogens with one attached hydrogen (secondary N) is 1. The zero-order chi connectivity index (χ0) is 12.5. The van der Waals surface area contributed by atoms with E-state index in [4.69, 9.17) is 5.26 Å². The highest BCUT2D eigenvalue weighted by Gasteiger charge is 2.01. The Morgan fingerprint density at radius 2 is 2.12 bits per heavy atom. The Labute approximate surface area is 102 Å². The second-order valence-electron chi connectivity index (χ2n) is 3.80. The van der Waals surface area contributed by atoms with Gasteiger partial charge in [-0.3, -0.25) is 4.79 Å². The predicted octanol–water partition coefficient (Wildman–Crippen LogP) is 1.54. The monoisotopic (exact) mass is 231 g/mol. The average molecular weight is 231 g/mol. The normalized spacial score (nSPS) is 9.41. The molecule has 17 heavy (non-hydrogen) atoms. The smallest absolute Gasteiger partial charge is 0.234 e. The number of nitriles is 1. The minimum atomic E-state index is -0.199. The van der Waals surface area contributed by atoms with Crippen molar-refractivity contribution in [1.29, 1.82) is 5.26 Å². The summed E-state index contributed by atoms with van der Waals surface area (Å²) < 4.78 is 0. The van der Waals surface area contributed by atoms with E-state index in [0.717, 1.165) is 18.7 Å². The summed E-state index contributed by atoms with van der Waals surface area (Å²) in [5.41, 5.74) is 1.16. The Balaban J connectivity index is 2.19. The third kappa shape index (κ3) is 5.03. The van der Waals surface area contributed by atoms with Crippen molar-refractivity contribution in [2.45, 2.75) is 12.8 Å². The lowest BCUT2D eigenvalue weighted by molar-refractivity contribution is -0.120. The molecule has 4 nitrogen and oxygen atoms in total. The van der Waals surface area contributed by atoms with Gasteiger partial charge in [-0.1, -0.05) is 18.2 Å². The molecule has 0 saturated heterocycles. The summed E-state index contributed by atoms with van der Waals surface area (Å²) in [6.07, 6.45) is 0.803. The van der Waals surface area contributed by atoms with Crippen LogP contribution in [0.1, 0.15) is 12.8 Å². The third-order valence-electron chi connectivity index (χ3n) is 2.43. The minimum absolute atomic E-state index is 0.0610. The summed E-state index contributed by atoms with van der Waals surface area (Å²) in [7, 11) is 2.02. The number of hydrogen-bond donors (Lipinski definition) is 1. The van der Waals surface area contributed by atoms with E-state index in [1.165, 1.54) is 0 Å². The van der Waals surface area contributed by atoms with Crippen molar-refractivity contribution in [3.8, 4) is 6.07 Å². The fourth-order valence-electron chi connectivity index (χ4n) is 1.49. The molecule has 0 saturated carbocycles. The Morgan fingerprint density at radius 3 is 2.76 bits per heavy atom. The molecule has 0 radical (unpaired) electrons. The Bertz CT molecular complexity index is 383. The Kier molecular flexibility index (Phi) is 5.59. The van der Waals surface area contributed by atoms with E-state index in [1.54, 1.807) is 0 Å². The van der Waals surface area contributed by atoms with E-state index < -0.39 is 0 Å². The van der Waals surface area contributed by atoms with Gasteiger partial charge in [-0.15, -0.1) is 0 Å². The molecule has 0 aliphatic heterocycles. The van der Waals surface area contributed by atoms with Gasteiger partial charge >= 0.3 is 0 Å². The minimum Gasteiger partial charge on any atom is -0.375 e. The second-order valence-corrected chi connectivity index (χ2v) is 3.80. The van der Waals surface area contributed by atoms with Gasteiger partial charge in [-0.25, -0.2) is 0 Å². The first-order chi connectivity index (χ1) is 8.24. The van der Waals surface area contributed by atoms with Crippen LogP contribution in [0.25, 0.3) is 0 Å². The van der Waals surface area contributed by atoms with E-state index in [2.05, 4.69) is 10.2 Å². The zero-order valence-corrected chi connectivity index (χ0v) is 10.0. The van der Waals surface area contributed by atoms with Crippen molar-refractivity contribution in [3.63, 3.8) is 0 Å². The summed E-state index contributed by atoms with van der Waals surface area (Å²) in [5.74, 6) is -0.199. The number of nitrogens with zero attached hydrogens (tertiary/aromatic N) is 2. The predicted molar refractivity (Wildman–Crippen MR) is 67.6 cm³/mol. The van der Waals surface area contributed by atoms with Crippen molar-refractivity contribution in [1.82, 2.24) is 5.32 Å².